The van der Waals surface area contributed by atoms with E-state index in [0.717, 1.165) is 11.4 Å². The number of hydrogen-bond acceptors (Lipinski definition) is 3. The fraction of sp³-hybridized carbons (Fsp3) is 0.300. The Bertz CT molecular complexity index is 447. The molecule has 2 rings (SSSR count). The zero-order valence-corrected chi connectivity index (χ0v) is 10.1. The van der Waals surface area contributed by atoms with E-state index in [4.69, 9.17) is 0 Å². The molecule has 0 bridgehead atoms. The first-order valence-electron chi connectivity index (χ1n) is 4.65. The molecule has 1 heterocycles. The highest BCUT2D eigenvalue weighted by Crippen LogP contribution is 2.24. The Labute approximate surface area is 96.4 Å². The summed E-state index contributed by atoms with van der Waals surface area (Å²) < 4.78 is 1.66. The lowest BCUT2D eigenvalue weighted by atomic mass is 10.1. The standard InChI is InChI=1S/C10H11BrN4/c1-7(11)8-3-5-9(6-4-8)10-12-13-14-15(10)2/h3-7H,1-2H3. The van der Waals surface area contributed by atoms with Crippen molar-refractivity contribution in [2.24, 2.45) is 7.05 Å². The highest BCUT2D eigenvalue weighted by molar-refractivity contribution is 9.09. The van der Waals surface area contributed by atoms with E-state index in [1.54, 1.807) is 4.68 Å². The summed E-state index contributed by atoms with van der Waals surface area (Å²) in [6.45, 7) is 2.10. The number of hydrogen-bond donors (Lipinski definition) is 0. The SMILES string of the molecule is CC(Br)c1ccc(-c2nnnn2C)cc1. The molecule has 0 fully saturated rings. The van der Waals surface area contributed by atoms with Crippen LogP contribution in [0.15, 0.2) is 24.3 Å². The third kappa shape index (κ3) is 2.07. The Balaban J connectivity index is 2.36. The van der Waals surface area contributed by atoms with E-state index in [0.29, 0.717) is 4.83 Å². The minimum atomic E-state index is 0.365. The fourth-order valence-corrected chi connectivity index (χ4v) is 1.68. The summed E-state index contributed by atoms with van der Waals surface area (Å²) in [7, 11) is 1.83. The van der Waals surface area contributed by atoms with Crippen molar-refractivity contribution >= 4 is 15.9 Å². The Morgan fingerprint density at radius 2 is 1.93 bits per heavy atom. The Hall–Kier alpha value is -1.23. The van der Waals surface area contributed by atoms with Gasteiger partial charge in [0.2, 0.25) is 0 Å². The molecule has 4 nitrogen and oxygen atoms in total. The number of rotatable bonds is 2. The van der Waals surface area contributed by atoms with Crippen LogP contribution in [0.1, 0.15) is 17.3 Å². The average molecular weight is 267 g/mol. The first kappa shape index (κ1) is 10.3. The quantitative estimate of drug-likeness (QED) is 0.784. The van der Waals surface area contributed by atoms with Crippen LogP contribution in [0.4, 0.5) is 0 Å². The van der Waals surface area contributed by atoms with Gasteiger partial charge in [0.25, 0.3) is 0 Å². The van der Waals surface area contributed by atoms with Crippen molar-refractivity contribution in [3.8, 4) is 11.4 Å². The van der Waals surface area contributed by atoms with E-state index in [2.05, 4.69) is 50.5 Å². The van der Waals surface area contributed by atoms with Crippen molar-refractivity contribution < 1.29 is 0 Å². The fourth-order valence-electron chi connectivity index (χ4n) is 1.37. The molecule has 2 aromatic rings. The molecular formula is C10H11BrN4. The molecule has 0 aliphatic rings. The van der Waals surface area contributed by atoms with Crippen molar-refractivity contribution in [2.75, 3.05) is 0 Å². The minimum absolute atomic E-state index is 0.365. The van der Waals surface area contributed by atoms with Gasteiger partial charge in [-0.1, -0.05) is 40.2 Å². The number of tetrazole rings is 1. The number of benzene rings is 1. The maximum absolute atomic E-state index is 3.95. The molecule has 1 aromatic carbocycles. The maximum atomic E-state index is 3.95. The van der Waals surface area contributed by atoms with Gasteiger partial charge < -0.3 is 0 Å². The Morgan fingerprint density at radius 1 is 1.27 bits per heavy atom. The Kier molecular flexibility index (Phi) is 2.81. The maximum Gasteiger partial charge on any atom is 0.181 e. The van der Waals surface area contributed by atoms with Crippen LogP contribution < -0.4 is 0 Å². The van der Waals surface area contributed by atoms with Crippen LogP contribution in [0.5, 0.6) is 0 Å². The second kappa shape index (κ2) is 4.10. The summed E-state index contributed by atoms with van der Waals surface area (Å²) in [5.74, 6) is 0.781. The topological polar surface area (TPSA) is 43.6 Å². The van der Waals surface area contributed by atoms with E-state index in [1.807, 2.05) is 19.2 Å². The number of alkyl halides is 1. The zero-order chi connectivity index (χ0) is 10.8. The molecule has 0 N–H and O–H groups in total. The van der Waals surface area contributed by atoms with E-state index < -0.39 is 0 Å². The molecule has 0 amide bonds. The predicted molar refractivity (Wildman–Crippen MR) is 61.6 cm³/mol. The van der Waals surface area contributed by atoms with Gasteiger partial charge in [0, 0.05) is 17.4 Å². The van der Waals surface area contributed by atoms with Gasteiger partial charge in [-0.15, -0.1) is 5.10 Å². The van der Waals surface area contributed by atoms with Gasteiger partial charge in [0.05, 0.1) is 0 Å². The molecule has 0 radical (unpaired) electrons. The zero-order valence-electron chi connectivity index (χ0n) is 8.55. The van der Waals surface area contributed by atoms with Crippen LogP contribution in [0.3, 0.4) is 0 Å². The average Bonchev–Trinajstić information content (AvgIpc) is 2.65. The van der Waals surface area contributed by atoms with E-state index in [1.165, 1.54) is 5.56 Å². The second-order valence-corrected chi connectivity index (χ2v) is 4.74. The number of halogens is 1. The third-order valence-corrected chi connectivity index (χ3v) is 2.78. The molecule has 0 saturated heterocycles. The van der Waals surface area contributed by atoms with Crippen molar-refractivity contribution in [1.29, 1.82) is 0 Å². The van der Waals surface area contributed by atoms with Gasteiger partial charge in [0.1, 0.15) is 0 Å². The van der Waals surface area contributed by atoms with Crippen LogP contribution in [0.25, 0.3) is 11.4 Å². The lowest BCUT2D eigenvalue weighted by molar-refractivity contribution is 0.714. The van der Waals surface area contributed by atoms with Gasteiger partial charge in [0.15, 0.2) is 5.82 Å². The lowest BCUT2D eigenvalue weighted by Gasteiger charge is -2.04. The van der Waals surface area contributed by atoms with Gasteiger partial charge in [-0.3, -0.25) is 0 Å². The Morgan fingerprint density at radius 3 is 2.40 bits per heavy atom. The summed E-state index contributed by atoms with van der Waals surface area (Å²) in [5.41, 5.74) is 2.27. The van der Waals surface area contributed by atoms with Crippen molar-refractivity contribution in [1.82, 2.24) is 20.2 Å². The highest BCUT2D eigenvalue weighted by Gasteiger charge is 2.06. The monoisotopic (exact) mass is 266 g/mol. The molecule has 1 unspecified atom stereocenters. The molecule has 0 saturated carbocycles. The van der Waals surface area contributed by atoms with Crippen LogP contribution in [0, 0.1) is 0 Å². The molecular weight excluding hydrogens is 256 g/mol. The normalized spacial score (nSPS) is 12.7. The highest BCUT2D eigenvalue weighted by atomic mass is 79.9. The van der Waals surface area contributed by atoms with Gasteiger partial charge in [-0.05, 0) is 22.9 Å². The summed E-state index contributed by atoms with van der Waals surface area (Å²) in [5, 5.41) is 11.4. The predicted octanol–water partition coefficient (Wildman–Crippen LogP) is 2.33. The number of nitrogens with zero attached hydrogens (tertiary/aromatic N) is 4. The molecule has 5 heteroatoms. The molecule has 0 spiro atoms. The number of aromatic nitrogens is 4. The van der Waals surface area contributed by atoms with Gasteiger partial charge in [-0.2, -0.15) is 0 Å². The molecule has 15 heavy (non-hydrogen) atoms. The van der Waals surface area contributed by atoms with Gasteiger partial charge in [-0.25, -0.2) is 4.68 Å². The largest absolute Gasteiger partial charge is 0.229 e. The van der Waals surface area contributed by atoms with Crippen LogP contribution in [-0.4, -0.2) is 20.2 Å². The molecule has 0 aliphatic heterocycles. The molecule has 0 aliphatic carbocycles. The summed E-state index contributed by atoms with van der Waals surface area (Å²) in [6, 6.07) is 8.20. The van der Waals surface area contributed by atoms with E-state index >= 15 is 0 Å². The van der Waals surface area contributed by atoms with Crippen molar-refractivity contribution in [3.05, 3.63) is 29.8 Å². The summed E-state index contributed by atoms with van der Waals surface area (Å²) in [6.07, 6.45) is 0. The lowest BCUT2D eigenvalue weighted by Crippen LogP contribution is -1.94. The van der Waals surface area contributed by atoms with Gasteiger partial charge >= 0.3 is 0 Å². The minimum Gasteiger partial charge on any atom is -0.229 e. The van der Waals surface area contributed by atoms with Crippen LogP contribution in [0.2, 0.25) is 0 Å². The first-order valence-corrected chi connectivity index (χ1v) is 5.57. The molecule has 1 aromatic heterocycles. The van der Waals surface area contributed by atoms with Crippen LogP contribution >= 0.6 is 15.9 Å². The summed E-state index contributed by atoms with van der Waals surface area (Å²) >= 11 is 3.52. The second-order valence-electron chi connectivity index (χ2n) is 3.36. The number of aryl methyl sites for hydroxylation is 1. The van der Waals surface area contributed by atoms with E-state index in [9.17, 15) is 0 Å². The first-order chi connectivity index (χ1) is 7.18. The molecule has 1 atom stereocenters. The summed E-state index contributed by atoms with van der Waals surface area (Å²) in [4.78, 5) is 0.365. The smallest absolute Gasteiger partial charge is 0.181 e. The van der Waals surface area contributed by atoms with E-state index in [-0.39, 0.29) is 0 Å². The van der Waals surface area contributed by atoms with Crippen molar-refractivity contribution in [2.45, 2.75) is 11.8 Å². The third-order valence-electron chi connectivity index (χ3n) is 2.25. The molecule has 78 valence electrons. The van der Waals surface area contributed by atoms with Crippen molar-refractivity contribution in [3.63, 3.8) is 0 Å². The van der Waals surface area contributed by atoms with Crippen LogP contribution in [-0.2, 0) is 7.05 Å².